The van der Waals surface area contributed by atoms with Crippen molar-refractivity contribution in [2.24, 2.45) is 11.8 Å². The van der Waals surface area contributed by atoms with Crippen LogP contribution in [-0.4, -0.2) is 24.6 Å². The molecule has 0 aromatic heterocycles. The Kier molecular flexibility index (Phi) is 14.4. The van der Waals surface area contributed by atoms with Crippen molar-refractivity contribution in [1.29, 1.82) is 0 Å². The van der Waals surface area contributed by atoms with Crippen molar-refractivity contribution < 1.29 is 14.6 Å². The van der Waals surface area contributed by atoms with Crippen LogP contribution in [-0.2, 0) is 16.1 Å². The first kappa shape index (κ1) is 24.1. The summed E-state index contributed by atoms with van der Waals surface area (Å²) < 4.78 is 11.6. The number of benzene rings is 1. The summed E-state index contributed by atoms with van der Waals surface area (Å²) >= 11 is 0. The minimum Gasteiger partial charge on any atom is -0.396 e. The minimum absolute atomic E-state index is 0.0674. The molecule has 1 aromatic carbocycles. The highest BCUT2D eigenvalue weighted by atomic mass is 16.7. The van der Waals surface area contributed by atoms with Crippen molar-refractivity contribution in [2.75, 3.05) is 13.4 Å². The normalized spacial score (nSPS) is 14.8. The molecule has 3 heteroatoms. The van der Waals surface area contributed by atoms with Crippen LogP contribution in [0.3, 0.4) is 0 Å². The van der Waals surface area contributed by atoms with Gasteiger partial charge in [-0.1, -0.05) is 96.0 Å². The first-order chi connectivity index (χ1) is 13.2. The maximum atomic E-state index is 9.53. The Morgan fingerprint density at radius 2 is 1.59 bits per heavy atom. The van der Waals surface area contributed by atoms with Crippen molar-refractivity contribution in [3.8, 4) is 0 Å². The fourth-order valence-corrected chi connectivity index (χ4v) is 3.39. The van der Waals surface area contributed by atoms with E-state index in [0.717, 1.165) is 24.3 Å². The topological polar surface area (TPSA) is 38.7 Å². The average molecular weight is 379 g/mol. The van der Waals surface area contributed by atoms with E-state index in [1.165, 1.54) is 44.9 Å². The van der Waals surface area contributed by atoms with Crippen LogP contribution < -0.4 is 0 Å². The molecule has 0 radical (unpaired) electrons. The van der Waals surface area contributed by atoms with E-state index >= 15 is 0 Å². The zero-order chi connectivity index (χ0) is 19.7. The summed E-state index contributed by atoms with van der Waals surface area (Å²) in [5.41, 5.74) is 1.15. The third-order valence-corrected chi connectivity index (χ3v) is 5.39. The molecule has 0 aliphatic carbocycles. The molecule has 156 valence electrons. The van der Waals surface area contributed by atoms with Crippen molar-refractivity contribution in [1.82, 2.24) is 0 Å². The zero-order valence-electron chi connectivity index (χ0n) is 17.9. The lowest BCUT2D eigenvalue weighted by Gasteiger charge is -2.24. The van der Waals surface area contributed by atoms with Gasteiger partial charge in [-0.2, -0.15) is 0 Å². The zero-order valence-corrected chi connectivity index (χ0v) is 17.9. The number of ether oxygens (including phenoxy) is 2. The lowest BCUT2D eigenvalue weighted by Crippen LogP contribution is -2.26. The van der Waals surface area contributed by atoms with Gasteiger partial charge in [-0.3, -0.25) is 0 Å². The monoisotopic (exact) mass is 378 g/mol. The second kappa shape index (κ2) is 16.1. The third kappa shape index (κ3) is 12.2. The number of aliphatic hydroxyl groups excluding tert-OH is 1. The molecule has 1 aromatic rings. The quantitative estimate of drug-likeness (QED) is 0.254. The molecule has 0 fully saturated rings. The van der Waals surface area contributed by atoms with Crippen molar-refractivity contribution in [3.05, 3.63) is 35.9 Å². The summed E-state index contributed by atoms with van der Waals surface area (Å²) in [7, 11) is 0. The summed E-state index contributed by atoms with van der Waals surface area (Å²) in [6.07, 6.45) is 11.7. The predicted octanol–water partition coefficient (Wildman–Crippen LogP) is 6.34. The summed E-state index contributed by atoms with van der Waals surface area (Å²) in [5.74, 6) is 0.866. The fraction of sp³-hybridized carbons (Fsp3) is 0.750. The molecular weight excluding hydrogens is 336 g/mol. The van der Waals surface area contributed by atoms with Gasteiger partial charge in [0.2, 0.25) is 0 Å². The highest BCUT2D eigenvalue weighted by Gasteiger charge is 2.18. The van der Waals surface area contributed by atoms with Gasteiger partial charge in [0.1, 0.15) is 6.79 Å². The molecule has 0 bridgehead atoms. The highest BCUT2D eigenvalue weighted by Crippen LogP contribution is 2.21. The maximum Gasteiger partial charge on any atom is 0.147 e. The summed E-state index contributed by atoms with van der Waals surface area (Å²) in [6.45, 7) is 7.68. The van der Waals surface area contributed by atoms with E-state index in [9.17, 15) is 5.11 Å². The van der Waals surface area contributed by atoms with Crippen LogP contribution in [0, 0.1) is 11.8 Å². The Labute approximate surface area is 167 Å². The van der Waals surface area contributed by atoms with Crippen LogP contribution in [0.25, 0.3) is 0 Å². The van der Waals surface area contributed by atoms with Gasteiger partial charge in [-0.05, 0) is 24.3 Å². The van der Waals surface area contributed by atoms with Gasteiger partial charge in [-0.25, -0.2) is 0 Å². The fourth-order valence-electron chi connectivity index (χ4n) is 3.39. The Balaban J connectivity index is 2.19. The Bertz CT molecular complexity index is 435. The van der Waals surface area contributed by atoms with Gasteiger partial charge < -0.3 is 14.6 Å². The summed E-state index contributed by atoms with van der Waals surface area (Å²) in [5, 5.41) is 9.53. The van der Waals surface area contributed by atoms with E-state index in [0.29, 0.717) is 6.61 Å². The van der Waals surface area contributed by atoms with Gasteiger partial charge in [0, 0.05) is 12.5 Å². The molecule has 0 saturated heterocycles. The van der Waals surface area contributed by atoms with Crippen molar-refractivity contribution in [3.63, 3.8) is 0 Å². The number of unbranched alkanes of at least 4 members (excludes halogenated alkanes) is 5. The molecule has 0 saturated carbocycles. The lowest BCUT2D eigenvalue weighted by molar-refractivity contribution is -0.118. The summed E-state index contributed by atoms with van der Waals surface area (Å²) in [4.78, 5) is 0. The molecule has 0 unspecified atom stereocenters. The van der Waals surface area contributed by atoms with Crippen LogP contribution >= 0.6 is 0 Å². The first-order valence-electron chi connectivity index (χ1n) is 11.0. The molecular formula is C24H42O3. The second-order valence-electron chi connectivity index (χ2n) is 8.06. The van der Waals surface area contributed by atoms with Gasteiger partial charge in [0.05, 0.1) is 12.7 Å². The molecule has 27 heavy (non-hydrogen) atoms. The molecule has 3 atom stereocenters. The van der Waals surface area contributed by atoms with E-state index in [2.05, 4.69) is 32.9 Å². The van der Waals surface area contributed by atoms with Crippen LogP contribution in [0.5, 0.6) is 0 Å². The molecule has 0 amide bonds. The number of hydrogen-bond donors (Lipinski definition) is 1. The van der Waals surface area contributed by atoms with Gasteiger partial charge in [0.25, 0.3) is 0 Å². The van der Waals surface area contributed by atoms with Gasteiger partial charge in [0.15, 0.2) is 0 Å². The Morgan fingerprint density at radius 1 is 0.889 bits per heavy atom. The molecule has 0 heterocycles. The van der Waals surface area contributed by atoms with Gasteiger partial charge >= 0.3 is 0 Å². The Hall–Kier alpha value is -0.900. The minimum atomic E-state index is 0.0674. The molecule has 0 aliphatic heterocycles. The average Bonchev–Trinajstić information content (AvgIpc) is 2.70. The largest absolute Gasteiger partial charge is 0.396 e. The van der Waals surface area contributed by atoms with Crippen LogP contribution in [0.15, 0.2) is 30.3 Å². The Morgan fingerprint density at radius 3 is 2.30 bits per heavy atom. The lowest BCUT2D eigenvalue weighted by atomic mass is 9.93. The smallest absolute Gasteiger partial charge is 0.147 e. The van der Waals surface area contributed by atoms with Crippen molar-refractivity contribution >= 4 is 0 Å². The number of aliphatic hydroxyl groups is 1. The van der Waals surface area contributed by atoms with E-state index in [1.54, 1.807) is 0 Å². The van der Waals surface area contributed by atoms with E-state index in [1.807, 2.05) is 18.2 Å². The SMILES string of the molecule is CCCCCCCC[C@H](C)CC[C@@H](OCOCc1ccccc1)[C@H](C)CO. The van der Waals surface area contributed by atoms with Crippen LogP contribution in [0.4, 0.5) is 0 Å². The molecule has 1 rings (SSSR count). The van der Waals surface area contributed by atoms with Crippen LogP contribution in [0.1, 0.15) is 84.1 Å². The first-order valence-corrected chi connectivity index (χ1v) is 11.0. The predicted molar refractivity (Wildman–Crippen MR) is 114 cm³/mol. The standard InChI is InChI=1S/C24H42O3/c1-4-5-6-7-8-10-13-21(2)16-17-24(22(3)18-25)27-20-26-19-23-14-11-9-12-15-23/h9,11-12,14-15,21-22,24-25H,4-8,10,13,16-20H2,1-3H3/t21-,22+,24+/m0/s1. The summed E-state index contributed by atoms with van der Waals surface area (Å²) in [6, 6.07) is 10.1. The van der Waals surface area contributed by atoms with E-state index < -0.39 is 0 Å². The molecule has 0 spiro atoms. The van der Waals surface area contributed by atoms with Crippen molar-refractivity contribution in [2.45, 2.75) is 91.3 Å². The highest BCUT2D eigenvalue weighted by molar-refractivity contribution is 5.13. The van der Waals surface area contributed by atoms with Gasteiger partial charge in [-0.15, -0.1) is 0 Å². The number of rotatable bonds is 17. The maximum absolute atomic E-state index is 9.53. The van der Waals surface area contributed by atoms with Crippen LogP contribution in [0.2, 0.25) is 0 Å². The molecule has 1 N–H and O–H groups in total. The number of hydrogen-bond acceptors (Lipinski definition) is 3. The second-order valence-corrected chi connectivity index (χ2v) is 8.06. The van der Waals surface area contributed by atoms with E-state index in [-0.39, 0.29) is 25.4 Å². The van der Waals surface area contributed by atoms with E-state index in [4.69, 9.17) is 9.47 Å². The molecule has 0 aliphatic rings. The third-order valence-electron chi connectivity index (χ3n) is 5.39. The molecule has 3 nitrogen and oxygen atoms in total.